The number of likely N-dealkylation sites (tertiary alicyclic amines) is 1. The SMILES string of the molecule is CCC=CCC=CCC=CCC=CCC=CCCCC(=O)N1CC[C@@H](CNC(=O)c2cccnc2)C1. The Morgan fingerprint density at radius 3 is 2.22 bits per heavy atom. The zero-order chi connectivity index (χ0) is 25.7. The van der Waals surface area contributed by atoms with Crippen molar-refractivity contribution in [3.05, 3.63) is 90.9 Å². The van der Waals surface area contributed by atoms with Crippen LogP contribution in [0.5, 0.6) is 0 Å². The highest BCUT2D eigenvalue weighted by molar-refractivity contribution is 5.93. The molecule has 0 bridgehead atoms. The molecule has 5 nitrogen and oxygen atoms in total. The molecule has 1 N–H and O–H groups in total. The molecule has 1 atom stereocenters. The highest BCUT2D eigenvalue weighted by Crippen LogP contribution is 2.17. The van der Waals surface area contributed by atoms with Crippen LogP contribution in [0.3, 0.4) is 0 Å². The molecule has 1 saturated heterocycles. The summed E-state index contributed by atoms with van der Waals surface area (Å²) >= 11 is 0. The molecule has 36 heavy (non-hydrogen) atoms. The summed E-state index contributed by atoms with van der Waals surface area (Å²) in [6.45, 7) is 4.26. The summed E-state index contributed by atoms with van der Waals surface area (Å²) in [6.07, 6.45) is 33.5. The van der Waals surface area contributed by atoms with Crippen LogP contribution in [0.1, 0.15) is 75.1 Å². The van der Waals surface area contributed by atoms with Crippen LogP contribution in [0.4, 0.5) is 0 Å². The summed E-state index contributed by atoms with van der Waals surface area (Å²) in [6, 6.07) is 3.51. The molecule has 0 spiro atoms. The largest absolute Gasteiger partial charge is 0.352 e. The maximum Gasteiger partial charge on any atom is 0.252 e. The van der Waals surface area contributed by atoms with E-state index in [4.69, 9.17) is 0 Å². The lowest BCUT2D eigenvalue weighted by Crippen LogP contribution is -2.33. The lowest BCUT2D eigenvalue weighted by atomic mass is 10.1. The quantitative estimate of drug-likeness (QED) is 0.211. The number of hydrogen-bond acceptors (Lipinski definition) is 3. The predicted octanol–water partition coefficient (Wildman–Crippen LogP) is 6.58. The molecule has 0 aromatic carbocycles. The van der Waals surface area contributed by atoms with Gasteiger partial charge in [-0.3, -0.25) is 14.6 Å². The molecule has 2 heterocycles. The molecule has 0 unspecified atom stereocenters. The van der Waals surface area contributed by atoms with Gasteiger partial charge >= 0.3 is 0 Å². The Labute approximate surface area is 217 Å². The number of carbonyl (C=O) groups is 2. The van der Waals surface area contributed by atoms with E-state index in [2.05, 4.69) is 78.0 Å². The summed E-state index contributed by atoms with van der Waals surface area (Å²) in [5.41, 5.74) is 0.568. The van der Waals surface area contributed by atoms with Gasteiger partial charge < -0.3 is 10.2 Å². The molecule has 0 aliphatic carbocycles. The Bertz CT molecular complexity index is 900. The normalized spacial score (nSPS) is 16.5. The van der Waals surface area contributed by atoms with Gasteiger partial charge in [-0.15, -0.1) is 0 Å². The average Bonchev–Trinajstić information content (AvgIpc) is 3.39. The van der Waals surface area contributed by atoms with Crippen LogP contribution in [-0.2, 0) is 4.79 Å². The van der Waals surface area contributed by atoms with Gasteiger partial charge in [-0.2, -0.15) is 0 Å². The molecule has 1 aliphatic rings. The van der Waals surface area contributed by atoms with Gasteiger partial charge in [-0.25, -0.2) is 0 Å². The average molecular weight is 490 g/mol. The Morgan fingerprint density at radius 1 is 0.972 bits per heavy atom. The van der Waals surface area contributed by atoms with Crippen LogP contribution in [0, 0.1) is 5.92 Å². The Hall–Kier alpha value is -3.21. The molecular formula is C31H43N3O2. The molecule has 1 aromatic heterocycles. The number of rotatable bonds is 16. The van der Waals surface area contributed by atoms with Crippen LogP contribution in [0.15, 0.2) is 85.3 Å². The van der Waals surface area contributed by atoms with E-state index in [9.17, 15) is 9.59 Å². The molecule has 0 saturated carbocycles. The van der Waals surface area contributed by atoms with Crippen LogP contribution < -0.4 is 5.32 Å². The molecule has 2 amide bonds. The topological polar surface area (TPSA) is 62.3 Å². The van der Waals surface area contributed by atoms with E-state index < -0.39 is 0 Å². The molecule has 1 aromatic rings. The second-order valence-corrected chi connectivity index (χ2v) is 9.05. The number of aromatic nitrogens is 1. The minimum atomic E-state index is -0.107. The lowest BCUT2D eigenvalue weighted by Gasteiger charge is -2.16. The summed E-state index contributed by atoms with van der Waals surface area (Å²) in [4.78, 5) is 30.6. The zero-order valence-corrected chi connectivity index (χ0v) is 21.9. The molecular weight excluding hydrogens is 446 g/mol. The summed E-state index contributed by atoms with van der Waals surface area (Å²) in [5.74, 6) is 0.439. The summed E-state index contributed by atoms with van der Waals surface area (Å²) in [5, 5.41) is 2.96. The molecule has 0 radical (unpaired) electrons. The summed E-state index contributed by atoms with van der Waals surface area (Å²) in [7, 11) is 0. The number of pyridine rings is 1. The smallest absolute Gasteiger partial charge is 0.252 e. The first-order valence-corrected chi connectivity index (χ1v) is 13.4. The van der Waals surface area contributed by atoms with E-state index in [1.54, 1.807) is 24.5 Å². The zero-order valence-electron chi connectivity index (χ0n) is 21.9. The number of unbranched alkanes of at least 4 members (excludes halogenated alkanes) is 1. The monoisotopic (exact) mass is 489 g/mol. The second kappa shape index (κ2) is 19.0. The van der Waals surface area contributed by atoms with Gasteiger partial charge in [-0.05, 0) is 69.4 Å². The van der Waals surface area contributed by atoms with Crippen molar-refractivity contribution in [1.82, 2.24) is 15.2 Å². The highest BCUT2D eigenvalue weighted by Gasteiger charge is 2.26. The summed E-state index contributed by atoms with van der Waals surface area (Å²) < 4.78 is 0. The third kappa shape index (κ3) is 13.0. The van der Waals surface area contributed by atoms with Crippen molar-refractivity contribution in [2.24, 2.45) is 5.92 Å². The lowest BCUT2D eigenvalue weighted by molar-refractivity contribution is -0.130. The first-order chi connectivity index (χ1) is 17.7. The van der Waals surface area contributed by atoms with Crippen LogP contribution in [0.2, 0.25) is 0 Å². The Morgan fingerprint density at radius 2 is 1.61 bits per heavy atom. The first-order valence-electron chi connectivity index (χ1n) is 13.4. The highest BCUT2D eigenvalue weighted by atomic mass is 16.2. The number of amides is 2. The fourth-order valence-corrected chi connectivity index (χ4v) is 3.96. The van der Waals surface area contributed by atoms with Gasteiger partial charge in [0.1, 0.15) is 0 Å². The molecule has 1 aliphatic heterocycles. The minimum Gasteiger partial charge on any atom is -0.352 e. The van der Waals surface area contributed by atoms with Crippen molar-refractivity contribution < 1.29 is 9.59 Å². The number of nitrogens with zero attached hydrogens (tertiary/aromatic N) is 2. The third-order valence-corrected chi connectivity index (χ3v) is 6.03. The van der Waals surface area contributed by atoms with E-state index in [-0.39, 0.29) is 11.8 Å². The van der Waals surface area contributed by atoms with Crippen molar-refractivity contribution in [2.75, 3.05) is 19.6 Å². The Kier molecular flexibility index (Phi) is 15.3. The van der Waals surface area contributed by atoms with Gasteiger partial charge in [0.15, 0.2) is 0 Å². The van der Waals surface area contributed by atoms with Crippen molar-refractivity contribution in [1.29, 1.82) is 0 Å². The number of carbonyl (C=O) groups excluding carboxylic acids is 2. The Balaban J connectivity index is 1.47. The number of hydrogen-bond donors (Lipinski definition) is 1. The minimum absolute atomic E-state index is 0.107. The maximum atomic E-state index is 12.5. The molecule has 2 rings (SSSR count). The van der Waals surface area contributed by atoms with Gasteiger partial charge in [0.25, 0.3) is 5.91 Å². The molecule has 194 valence electrons. The van der Waals surface area contributed by atoms with Crippen LogP contribution in [0.25, 0.3) is 0 Å². The van der Waals surface area contributed by atoms with Gasteiger partial charge in [0.05, 0.1) is 5.56 Å². The number of nitrogens with one attached hydrogen (secondary N) is 1. The second-order valence-electron chi connectivity index (χ2n) is 9.05. The van der Waals surface area contributed by atoms with E-state index in [1.165, 1.54) is 0 Å². The van der Waals surface area contributed by atoms with E-state index in [1.807, 2.05) is 4.90 Å². The van der Waals surface area contributed by atoms with Crippen molar-refractivity contribution in [3.8, 4) is 0 Å². The van der Waals surface area contributed by atoms with E-state index in [0.717, 1.165) is 64.5 Å². The maximum absolute atomic E-state index is 12.5. The van der Waals surface area contributed by atoms with Crippen molar-refractivity contribution in [3.63, 3.8) is 0 Å². The first kappa shape index (κ1) is 29.0. The van der Waals surface area contributed by atoms with Crippen molar-refractivity contribution >= 4 is 11.8 Å². The van der Waals surface area contributed by atoms with E-state index >= 15 is 0 Å². The predicted molar refractivity (Wildman–Crippen MR) is 150 cm³/mol. The third-order valence-electron chi connectivity index (χ3n) is 6.03. The number of allylic oxidation sites excluding steroid dienone is 10. The standard InChI is InChI=1S/C31H43N3O2/c1-2-3-4-5-6-7-8-9-10-11-12-13-14-15-16-17-18-21-30(35)34-24-22-28(27-34)25-33-31(36)29-20-19-23-32-26-29/h3-4,6-7,9-10,12-13,15-16,19-20,23,26,28H,2,5,8,11,14,17-18,21-22,24-25,27H2,1H3,(H,33,36)/t28-/m0/s1. The van der Waals surface area contributed by atoms with Gasteiger partial charge in [-0.1, -0.05) is 67.7 Å². The molecule has 5 heteroatoms. The van der Waals surface area contributed by atoms with Crippen molar-refractivity contribution in [2.45, 2.75) is 64.7 Å². The molecule has 1 fully saturated rings. The van der Waals surface area contributed by atoms with Gasteiger partial charge in [0, 0.05) is 38.4 Å². The van der Waals surface area contributed by atoms with Crippen LogP contribution in [-0.4, -0.2) is 41.3 Å². The fraction of sp³-hybridized carbons (Fsp3) is 0.452. The van der Waals surface area contributed by atoms with E-state index in [0.29, 0.717) is 24.4 Å². The van der Waals surface area contributed by atoms with Crippen LogP contribution >= 0.6 is 0 Å². The van der Waals surface area contributed by atoms with Gasteiger partial charge in [0.2, 0.25) is 5.91 Å². The fourth-order valence-electron chi connectivity index (χ4n) is 3.96.